The van der Waals surface area contributed by atoms with E-state index < -0.39 is 0 Å². The third-order valence-corrected chi connectivity index (χ3v) is 3.91. The highest BCUT2D eigenvalue weighted by atomic mass is 35.5. The van der Waals surface area contributed by atoms with Crippen LogP contribution in [-0.4, -0.2) is 56.9 Å². The molecule has 1 aromatic carbocycles. The number of hydrogen-bond donors (Lipinski definition) is 1. The molecule has 0 saturated carbocycles. The number of rotatable bonds is 5. The van der Waals surface area contributed by atoms with Gasteiger partial charge in [0.2, 0.25) is 5.91 Å². The fraction of sp³-hybridized carbons (Fsp3) is 0.562. The van der Waals surface area contributed by atoms with Gasteiger partial charge in [0, 0.05) is 25.2 Å². The maximum absolute atomic E-state index is 12.3. The summed E-state index contributed by atoms with van der Waals surface area (Å²) in [6.45, 7) is 5.78. The molecular weight excluding hydrogens is 320 g/mol. The Morgan fingerprint density at radius 2 is 1.87 bits per heavy atom. The van der Waals surface area contributed by atoms with Gasteiger partial charge in [-0.2, -0.15) is 0 Å². The van der Waals surface area contributed by atoms with Crippen molar-refractivity contribution < 1.29 is 19.0 Å². The third kappa shape index (κ3) is 4.73. The Labute approximate surface area is 141 Å². The summed E-state index contributed by atoms with van der Waals surface area (Å²) in [6, 6.07) is 3.28. The Hall–Kier alpha value is -1.50. The Balaban J connectivity index is 2.05. The number of amides is 1. The number of methoxy groups -OCH3 is 2. The molecule has 1 amide bonds. The van der Waals surface area contributed by atoms with Crippen molar-refractivity contribution in [2.75, 3.05) is 39.2 Å². The van der Waals surface area contributed by atoms with E-state index in [0.717, 1.165) is 13.1 Å². The van der Waals surface area contributed by atoms with Gasteiger partial charge in [0.15, 0.2) is 0 Å². The van der Waals surface area contributed by atoms with E-state index in [1.807, 2.05) is 13.8 Å². The van der Waals surface area contributed by atoms with Crippen LogP contribution < -0.4 is 14.8 Å². The number of halogens is 1. The zero-order valence-corrected chi connectivity index (χ0v) is 14.6. The summed E-state index contributed by atoms with van der Waals surface area (Å²) in [5.74, 6) is 0.859. The molecule has 1 aliphatic rings. The molecule has 2 rings (SSSR count). The first-order chi connectivity index (χ1) is 10.9. The average Bonchev–Trinajstić information content (AvgIpc) is 2.47. The van der Waals surface area contributed by atoms with Crippen molar-refractivity contribution in [2.45, 2.75) is 26.1 Å². The predicted octanol–water partition coefficient (Wildman–Crippen LogP) is 2.40. The molecule has 7 heteroatoms. The van der Waals surface area contributed by atoms with Gasteiger partial charge in [-0.05, 0) is 13.8 Å². The van der Waals surface area contributed by atoms with Gasteiger partial charge in [-0.15, -0.1) is 0 Å². The van der Waals surface area contributed by atoms with Gasteiger partial charge in [-0.25, -0.2) is 0 Å². The smallest absolute Gasteiger partial charge is 0.238 e. The van der Waals surface area contributed by atoms with Crippen LogP contribution in [-0.2, 0) is 9.53 Å². The normalized spacial score (nSPS) is 21.8. The molecule has 6 nitrogen and oxygen atoms in total. The molecule has 0 aliphatic carbocycles. The Morgan fingerprint density at radius 3 is 2.43 bits per heavy atom. The van der Waals surface area contributed by atoms with Crippen molar-refractivity contribution in [3.05, 3.63) is 17.2 Å². The number of carbonyl (C=O) groups is 1. The first kappa shape index (κ1) is 17.8. The van der Waals surface area contributed by atoms with E-state index in [-0.39, 0.29) is 18.1 Å². The molecule has 1 aliphatic heterocycles. The van der Waals surface area contributed by atoms with Crippen LogP contribution in [0.5, 0.6) is 11.5 Å². The highest BCUT2D eigenvalue weighted by molar-refractivity contribution is 6.32. The fourth-order valence-electron chi connectivity index (χ4n) is 2.76. The number of anilines is 1. The number of carbonyl (C=O) groups excluding carboxylic acids is 1. The van der Waals surface area contributed by atoms with Crippen LogP contribution >= 0.6 is 11.6 Å². The predicted molar refractivity (Wildman–Crippen MR) is 89.6 cm³/mol. The number of nitrogens with zero attached hydrogens (tertiary/aromatic N) is 1. The largest absolute Gasteiger partial charge is 0.495 e. The Bertz CT molecular complexity index is 557. The molecule has 1 saturated heterocycles. The van der Waals surface area contributed by atoms with Crippen LogP contribution in [0.4, 0.5) is 5.69 Å². The van der Waals surface area contributed by atoms with Crippen molar-refractivity contribution >= 4 is 23.2 Å². The highest BCUT2D eigenvalue weighted by Crippen LogP contribution is 2.35. The molecule has 1 aromatic rings. The van der Waals surface area contributed by atoms with E-state index in [1.54, 1.807) is 12.1 Å². The van der Waals surface area contributed by atoms with Crippen molar-refractivity contribution in [3.63, 3.8) is 0 Å². The zero-order valence-electron chi connectivity index (χ0n) is 13.9. The van der Waals surface area contributed by atoms with E-state index in [1.165, 1.54) is 14.2 Å². The molecule has 0 unspecified atom stereocenters. The number of morpholine rings is 1. The summed E-state index contributed by atoms with van der Waals surface area (Å²) in [7, 11) is 3.05. The summed E-state index contributed by atoms with van der Waals surface area (Å²) < 4.78 is 16.1. The van der Waals surface area contributed by atoms with Crippen LogP contribution in [0, 0.1) is 0 Å². The van der Waals surface area contributed by atoms with E-state index in [0.29, 0.717) is 28.8 Å². The molecule has 128 valence electrons. The maximum atomic E-state index is 12.3. The lowest BCUT2D eigenvalue weighted by molar-refractivity contribution is -0.121. The quantitative estimate of drug-likeness (QED) is 0.890. The van der Waals surface area contributed by atoms with Crippen LogP contribution in [0.2, 0.25) is 5.02 Å². The first-order valence-electron chi connectivity index (χ1n) is 7.52. The second-order valence-electron chi connectivity index (χ2n) is 5.69. The summed E-state index contributed by atoms with van der Waals surface area (Å²) in [5, 5.41) is 3.28. The maximum Gasteiger partial charge on any atom is 0.238 e. The van der Waals surface area contributed by atoms with Crippen LogP contribution in [0.1, 0.15) is 13.8 Å². The van der Waals surface area contributed by atoms with Gasteiger partial charge in [-0.3, -0.25) is 9.69 Å². The van der Waals surface area contributed by atoms with Crippen LogP contribution in [0.15, 0.2) is 12.1 Å². The monoisotopic (exact) mass is 342 g/mol. The highest BCUT2D eigenvalue weighted by Gasteiger charge is 2.24. The topological polar surface area (TPSA) is 60.0 Å². The van der Waals surface area contributed by atoms with Gasteiger partial charge < -0.3 is 19.5 Å². The van der Waals surface area contributed by atoms with E-state index in [9.17, 15) is 4.79 Å². The zero-order chi connectivity index (χ0) is 17.0. The molecule has 23 heavy (non-hydrogen) atoms. The molecule has 0 aromatic heterocycles. The summed E-state index contributed by atoms with van der Waals surface area (Å²) in [4.78, 5) is 14.4. The van der Waals surface area contributed by atoms with Gasteiger partial charge >= 0.3 is 0 Å². The first-order valence-corrected chi connectivity index (χ1v) is 7.90. The van der Waals surface area contributed by atoms with Gasteiger partial charge in [-0.1, -0.05) is 11.6 Å². The van der Waals surface area contributed by atoms with Crippen molar-refractivity contribution in [3.8, 4) is 11.5 Å². The van der Waals surface area contributed by atoms with Crippen molar-refractivity contribution in [1.29, 1.82) is 0 Å². The number of benzene rings is 1. The fourth-order valence-corrected chi connectivity index (χ4v) is 3.00. The summed E-state index contributed by atoms with van der Waals surface area (Å²) in [5.41, 5.74) is 0.535. The molecule has 0 bridgehead atoms. The molecule has 1 fully saturated rings. The SMILES string of the molecule is COc1cc(NC(=O)CN2C[C@@H](C)O[C@@H](C)C2)c(OC)cc1Cl. The lowest BCUT2D eigenvalue weighted by Crippen LogP contribution is -2.48. The van der Waals surface area contributed by atoms with Crippen molar-refractivity contribution in [2.24, 2.45) is 0 Å². The Morgan fingerprint density at radius 1 is 1.26 bits per heavy atom. The standard InChI is InChI=1S/C16H23ClN2O4/c1-10-7-19(8-11(2)23-10)9-16(20)18-13-6-14(21-3)12(17)5-15(13)22-4/h5-6,10-11H,7-9H2,1-4H3,(H,18,20)/t10-,11+. The number of hydrogen-bond acceptors (Lipinski definition) is 5. The summed E-state index contributed by atoms with van der Waals surface area (Å²) >= 11 is 6.06. The minimum atomic E-state index is -0.117. The van der Waals surface area contributed by atoms with Gasteiger partial charge in [0.25, 0.3) is 0 Å². The molecular formula is C16H23ClN2O4. The minimum absolute atomic E-state index is 0.117. The van der Waals surface area contributed by atoms with Crippen LogP contribution in [0.25, 0.3) is 0 Å². The molecule has 1 N–H and O–H groups in total. The number of ether oxygens (including phenoxy) is 3. The molecule has 2 atom stereocenters. The molecule has 0 spiro atoms. The molecule has 0 radical (unpaired) electrons. The second kappa shape index (κ2) is 7.86. The van der Waals surface area contributed by atoms with Gasteiger partial charge in [0.1, 0.15) is 11.5 Å². The third-order valence-electron chi connectivity index (χ3n) is 3.61. The second-order valence-corrected chi connectivity index (χ2v) is 6.09. The van der Waals surface area contributed by atoms with E-state index in [2.05, 4.69) is 10.2 Å². The average molecular weight is 343 g/mol. The lowest BCUT2D eigenvalue weighted by atomic mass is 10.2. The minimum Gasteiger partial charge on any atom is -0.495 e. The summed E-state index contributed by atoms with van der Waals surface area (Å²) in [6.07, 6.45) is 0.244. The van der Waals surface area contributed by atoms with Crippen LogP contribution in [0.3, 0.4) is 0 Å². The lowest BCUT2D eigenvalue weighted by Gasteiger charge is -2.34. The van der Waals surface area contributed by atoms with E-state index >= 15 is 0 Å². The Kier molecular flexibility index (Phi) is 6.10. The van der Waals surface area contributed by atoms with Gasteiger partial charge in [0.05, 0.1) is 43.7 Å². The number of nitrogens with one attached hydrogen (secondary N) is 1. The van der Waals surface area contributed by atoms with E-state index in [4.69, 9.17) is 25.8 Å². The van der Waals surface area contributed by atoms with Crippen molar-refractivity contribution in [1.82, 2.24) is 4.90 Å². The molecule has 1 heterocycles.